The number of amides is 2. The van der Waals surface area contributed by atoms with E-state index in [0.29, 0.717) is 19.0 Å². The predicted molar refractivity (Wildman–Crippen MR) is 79.5 cm³/mol. The zero-order chi connectivity index (χ0) is 15.8. The minimum atomic E-state index is -0.338. The molecule has 1 aromatic rings. The number of rotatable bonds is 8. The number of nitrogens with zero attached hydrogens (tertiary/aromatic N) is 2. The summed E-state index contributed by atoms with van der Waals surface area (Å²) >= 11 is 0. The first-order valence-electron chi connectivity index (χ1n) is 6.72. The standard InChI is InChI=1S/C15H21N3O3/c1-5-7-16-14(19)12-10-21-13(17-12)9-18(8-6-2)15(20)11(3)4/h5-6,10-11H,1-2,7-9H2,3-4H3,(H,16,19). The van der Waals surface area contributed by atoms with Gasteiger partial charge in [-0.2, -0.15) is 0 Å². The zero-order valence-electron chi connectivity index (χ0n) is 12.5. The molecule has 114 valence electrons. The second kappa shape index (κ2) is 8.04. The zero-order valence-corrected chi connectivity index (χ0v) is 12.5. The van der Waals surface area contributed by atoms with Crippen molar-refractivity contribution >= 4 is 11.8 Å². The van der Waals surface area contributed by atoms with Crippen LogP contribution in [0.1, 0.15) is 30.2 Å². The van der Waals surface area contributed by atoms with E-state index in [1.165, 1.54) is 6.26 Å². The molecule has 0 spiro atoms. The van der Waals surface area contributed by atoms with Gasteiger partial charge in [0.25, 0.3) is 5.91 Å². The number of nitrogens with one attached hydrogen (secondary N) is 1. The van der Waals surface area contributed by atoms with E-state index in [1.807, 2.05) is 13.8 Å². The van der Waals surface area contributed by atoms with Gasteiger partial charge in [0.1, 0.15) is 6.26 Å². The highest BCUT2D eigenvalue weighted by atomic mass is 16.3. The summed E-state index contributed by atoms with van der Waals surface area (Å²) < 4.78 is 5.25. The summed E-state index contributed by atoms with van der Waals surface area (Å²) in [6, 6.07) is 0. The fourth-order valence-corrected chi connectivity index (χ4v) is 1.66. The molecule has 6 nitrogen and oxygen atoms in total. The molecule has 0 aliphatic rings. The highest BCUT2D eigenvalue weighted by Gasteiger charge is 2.19. The Morgan fingerprint density at radius 3 is 2.71 bits per heavy atom. The highest BCUT2D eigenvalue weighted by molar-refractivity contribution is 5.92. The van der Waals surface area contributed by atoms with Crippen molar-refractivity contribution in [1.29, 1.82) is 0 Å². The van der Waals surface area contributed by atoms with Crippen LogP contribution in [-0.4, -0.2) is 34.8 Å². The lowest BCUT2D eigenvalue weighted by Crippen LogP contribution is -2.34. The van der Waals surface area contributed by atoms with Gasteiger partial charge in [-0.05, 0) is 0 Å². The fraction of sp³-hybridized carbons (Fsp3) is 0.400. The molecular weight excluding hydrogens is 270 g/mol. The van der Waals surface area contributed by atoms with E-state index in [9.17, 15) is 9.59 Å². The Hall–Kier alpha value is -2.37. The van der Waals surface area contributed by atoms with E-state index in [-0.39, 0.29) is 30.0 Å². The molecule has 1 N–H and O–H groups in total. The molecule has 0 bridgehead atoms. The van der Waals surface area contributed by atoms with Crippen LogP contribution in [0.3, 0.4) is 0 Å². The van der Waals surface area contributed by atoms with Crippen LogP contribution in [0.15, 0.2) is 36.0 Å². The van der Waals surface area contributed by atoms with Crippen molar-refractivity contribution in [1.82, 2.24) is 15.2 Å². The number of aromatic nitrogens is 1. The Labute approximate surface area is 124 Å². The summed E-state index contributed by atoms with van der Waals surface area (Å²) in [7, 11) is 0. The van der Waals surface area contributed by atoms with Gasteiger partial charge in [-0.1, -0.05) is 26.0 Å². The molecule has 0 radical (unpaired) electrons. The molecule has 2 amide bonds. The quantitative estimate of drug-likeness (QED) is 0.741. The summed E-state index contributed by atoms with van der Waals surface area (Å²) in [5, 5.41) is 2.61. The maximum absolute atomic E-state index is 12.0. The monoisotopic (exact) mass is 291 g/mol. The summed E-state index contributed by atoms with van der Waals surface area (Å²) in [6.45, 7) is 11.8. The summed E-state index contributed by atoms with van der Waals surface area (Å²) in [5.41, 5.74) is 0.183. The maximum Gasteiger partial charge on any atom is 0.273 e. The van der Waals surface area contributed by atoms with Gasteiger partial charge in [0.15, 0.2) is 5.69 Å². The predicted octanol–water partition coefficient (Wildman–Crippen LogP) is 1.76. The van der Waals surface area contributed by atoms with Crippen LogP contribution in [0, 0.1) is 5.92 Å². The third-order valence-electron chi connectivity index (χ3n) is 2.67. The summed E-state index contributed by atoms with van der Waals surface area (Å²) in [6.07, 6.45) is 4.49. The Balaban J connectivity index is 2.74. The van der Waals surface area contributed by atoms with Crippen LogP contribution in [0.4, 0.5) is 0 Å². The second-order valence-corrected chi connectivity index (χ2v) is 4.79. The van der Waals surface area contributed by atoms with Crippen molar-refractivity contribution in [3.05, 3.63) is 43.2 Å². The smallest absolute Gasteiger partial charge is 0.273 e. The molecule has 1 rings (SSSR count). The average molecular weight is 291 g/mol. The SMILES string of the molecule is C=CCNC(=O)c1coc(CN(CC=C)C(=O)C(C)C)n1. The number of oxazole rings is 1. The Morgan fingerprint density at radius 2 is 2.14 bits per heavy atom. The minimum Gasteiger partial charge on any atom is -0.446 e. The van der Waals surface area contributed by atoms with Gasteiger partial charge in [-0.25, -0.2) is 4.98 Å². The van der Waals surface area contributed by atoms with Gasteiger partial charge < -0.3 is 14.6 Å². The first kappa shape index (κ1) is 16.7. The molecular formula is C15H21N3O3. The Morgan fingerprint density at radius 1 is 1.43 bits per heavy atom. The maximum atomic E-state index is 12.0. The lowest BCUT2D eigenvalue weighted by Gasteiger charge is -2.21. The van der Waals surface area contributed by atoms with Crippen LogP contribution < -0.4 is 5.32 Å². The first-order valence-corrected chi connectivity index (χ1v) is 6.72. The molecule has 0 aliphatic carbocycles. The van der Waals surface area contributed by atoms with Crippen molar-refractivity contribution in [2.24, 2.45) is 5.92 Å². The normalized spacial score (nSPS) is 10.2. The summed E-state index contributed by atoms with van der Waals surface area (Å²) in [4.78, 5) is 29.4. The number of hydrogen-bond acceptors (Lipinski definition) is 4. The number of carbonyl (C=O) groups excluding carboxylic acids is 2. The van der Waals surface area contributed by atoms with Crippen LogP contribution in [0.2, 0.25) is 0 Å². The van der Waals surface area contributed by atoms with E-state index in [1.54, 1.807) is 17.1 Å². The molecule has 1 aromatic heterocycles. The lowest BCUT2D eigenvalue weighted by molar-refractivity contribution is -0.134. The third kappa shape index (κ3) is 4.91. The Kier molecular flexibility index (Phi) is 6.39. The van der Waals surface area contributed by atoms with E-state index in [2.05, 4.69) is 23.5 Å². The fourth-order valence-electron chi connectivity index (χ4n) is 1.66. The largest absolute Gasteiger partial charge is 0.446 e. The third-order valence-corrected chi connectivity index (χ3v) is 2.67. The second-order valence-electron chi connectivity index (χ2n) is 4.79. The first-order chi connectivity index (χ1) is 9.99. The van der Waals surface area contributed by atoms with E-state index in [4.69, 9.17) is 4.42 Å². The van der Waals surface area contributed by atoms with Gasteiger partial charge in [0.05, 0.1) is 6.54 Å². The van der Waals surface area contributed by atoms with Crippen LogP contribution in [0.5, 0.6) is 0 Å². The molecule has 21 heavy (non-hydrogen) atoms. The van der Waals surface area contributed by atoms with Crippen LogP contribution >= 0.6 is 0 Å². The topological polar surface area (TPSA) is 75.4 Å². The van der Waals surface area contributed by atoms with Crippen molar-refractivity contribution in [2.75, 3.05) is 13.1 Å². The summed E-state index contributed by atoms with van der Waals surface area (Å²) in [5.74, 6) is -0.175. The van der Waals surface area contributed by atoms with Gasteiger partial charge in [-0.3, -0.25) is 9.59 Å². The van der Waals surface area contributed by atoms with Crippen LogP contribution in [0.25, 0.3) is 0 Å². The molecule has 0 fully saturated rings. The number of hydrogen-bond donors (Lipinski definition) is 1. The number of carbonyl (C=O) groups is 2. The van der Waals surface area contributed by atoms with Gasteiger partial charge in [0.2, 0.25) is 11.8 Å². The molecule has 0 aromatic carbocycles. The van der Waals surface area contributed by atoms with E-state index in [0.717, 1.165) is 0 Å². The van der Waals surface area contributed by atoms with Crippen LogP contribution in [-0.2, 0) is 11.3 Å². The van der Waals surface area contributed by atoms with E-state index < -0.39 is 0 Å². The Bertz CT molecular complexity index is 520. The molecule has 0 saturated heterocycles. The van der Waals surface area contributed by atoms with Gasteiger partial charge in [-0.15, -0.1) is 13.2 Å². The van der Waals surface area contributed by atoms with Crippen molar-refractivity contribution in [3.8, 4) is 0 Å². The van der Waals surface area contributed by atoms with Gasteiger partial charge in [0, 0.05) is 19.0 Å². The van der Waals surface area contributed by atoms with Crippen molar-refractivity contribution in [2.45, 2.75) is 20.4 Å². The average Bonchev–Trinajstić information content (AvgIpc) is 2.92. The van der Waals surface area contributed by atoms with E-state index >= 15 is 0 Å². The molecule has 6 heteroatoms. The molecule has 0 unspecified atom stereocenters. The molecule has 0 aliphatic heterocycles. The lowest BCUT2D eigenvalue weighted by atomic mass is 10.2. The molecule has 1 heterocycles. The molecule has 0 atom stereocenters. The highest BCUT2D eigenvalue weighted by Crippen LogP contribution is 2.09. The van der Waals surface area contributed by atoms with Gasteiger partial charge >= 0.3 is 0 Å². The minimum absolute atomic E-state index is 0.0224. The van der Waals surface area contributed by atoms with Crippen molar-refractivity contribution < 1.29 is 14.0 Å². The molecule has 0 saturated carbocycles. The van der Waals surface area contributed by atoms with Crippen molar-refractivity contribution in [3.63, 3.8) is 0 Å².